The molecule has 0 unspecified atom stereocenters. The SMILES string of the molecule is CCc1cc(C(=O)NCCCN2CCOCC2)ccc1I. The second kappa shape index (κ2) is 8.70. The topological polar surface area (TPSA) is 41.6 Å². The molecule has 1 heterocycles. The zero-order valence-corrected chi connectivity index (χ0v) is 14.7. The molecule has 1 saturated heterocycles. The first kappa shape index (κ1) is 16.7. The highest BCUT2D eigenvalue weighted by Gasteiger charge is 2.10. The first-order valence-electron chi connectivity index (χ1n) is 7.57. The van der Waals surface area contributed by atoms with Crippen LogP contribution in [0.3, 0.4) is 0 Å². The number of nitrogens with zero attached hydrogens (tertiary/aromatic N) is 1. The second-order valence-electron chi connectivity index (χ2n) is 5.22. The van der Waals surface area contributed by atoms with E-state index in [4.69, 9.17) is 4.74 Å². The van der Waals surface area contributed by atoms with Crippen molar-refractivity contribution in [1.29, 1.82) is 0 Å². The molecule has 21 heavy (non-hydrogen) atoms. The molecule has 1 fully saturated rings. The van der Waals surface area contributed by atoms with E-state index >= 15 is 0 Å². The van der Waals surface area contributed by atoms with Crippen molar-refractivity contribution in [2.24, 2.45) is 0 Å². The molecule has 0 bridgehead atoms. The first-order valence-corrected chi connectivity index (χ1v) is 8.65. The summed E-state index contributed by atoms with van der Waals surface area (Å²) in [6.07, 6.45) is 1.94. The molecule has 0 aromatic heterocycles. The third-order valence-electron chi connectivity index (χ3n) is 3.73. The van der Waals surface area contributed by atoms with Crippen LogP contribution in [0.1, 0.15) is 29.3 Å². The molecule has 1 N–H and O–H groups in total. The van der Waals surface area contributed by atoms with Crippen LogP contribution in [0.25, 0.3) is 0 Å². The van der Waals surface area contributed by atoms with Gasteiger partial charge >= 0.3 is 0 Å². The van der Waals surface area contributed by atoms with Crippen LogP contribution in [0.2, 0.25) is 0 Å². The van der Waals surface area contributed by atoms with Crippen LogP contribution in [0, 0.1) is 3.57 Å². The van der Waals surface area contributed by atoms with Crippen molar-refractivity contribution in [3.63, 3.8) is 0 Å². The van der Waals surface area contributed by atoms with Gasteiger partial charge in [0, 0.05) is 28.8 Å². The smallest absolute Gasteiger partial charge is 0.251 e. The maximum absolute atomic E-state index is 12.1. The number of ether oxygens (including phenoxy) is 1. The van der Waals surface area contributed by atoms with Gasteiger partial charge in [0.15, 0.2) is 0 Å². The summed E-state index contributed by atoms with van der Waals surface area (Å²) in [5.41, 5.74) is 2.00. The normalized spacial score (nSPS) is 15.9. The Morgan fingerprint density at radius 2 is 2.14 bits per heavy atom. The van der Waals surface area contributed by atoms with E-state index in [2.05, 4.69) is 39.7 Å². The Morgan fingerprint density at radius 1 is 1.38 bits per heavy atom. The Labute approximate surface area is 140 Å². The molecule has 0 spiro atoms. The van der Waals surface area contributed by atoms with Gasteiger partial charge in [-0.2, -0.15) is 0 Å². The fourth-order valence-electron chi connectivity index (χ4n) is 2.42. The molecule has 1 aliphatic rings. The fourth-order valence-corrected chi connectivity index (χ4v) is 3.14. The minimum absolute atomic E-state index is 0.0306. The third-order valence-corrected chi connectivity index (χ3v) is 4.78. The summed E-state index contributed by atoms with van der Waals surface area (Å²) >= 11 is 2.31. The standard InChI is InChI=1S/C16H23IN2O2/c1-2-13-12-14(4-5-15(13)17)16(20)18-6-3-7-19-8-10-21-11-9-19/h4-5,12H,2-3,6-11H2,1H3,(H,18,20). The number of halogens is 1. The van der Waals surface area contributed by atoms with Crippen molar-refractivity contribution in [3.05, 3.63) is 32.9 Å². The van der Waals surface area contributed by atoms with Gasteiger partial charge in [-0.25, -0.2) is 0 Å². The number of hydrogen-bond donors (Lipinski definition) is 1. The maximum atomic E-state index is 12.1. The summed E-state index contributed by atoms with van der Waals surface area (Å²) in [7, 11) is 0. The molecule has 0 atom stereocenters. The predicted octanol–water partition coefficient (Wildman–Crippen LogP) is 2.31. The summed E-state index contributed by atoms with van der Waals surface area (Å²) in [5.74, 6) is 0.0306. The van der Waals surface area contributed by atoms with Crippen LogP contribution in [0.4, 0.5) is 0 Å². The monoisotopic (exact) mass is 402 g/mol. The number of nitrogens with one attached hydrogen (secondary N) is 1. The van der Waals surface area contributed by atoms with E-state index in [-0.39, 0.29) is 5.91 Å². The number of carbonyl (C=O) groups excluding carboxylic acids is 1. The Hall–Kier alpha value is -0.660. The molecule has 2 rings (SSSR count). The van der Waals surface area contributed by atoms with Crippen LogP contribution in [-0.2, 0) is 11.2 Å². The molecule has 0 aliphatic carbocycles. The molecule has 1 amide bonds. The Morgan fingerprint density at radius 3 is 2.86 bits per heavy atom. The molecule has 0 saturated carbocycles. The lowest BCUT2D eigenvalue weighted by atomic mass is 10.1. The minimum atomic E-state index is 0.0306. The van der Waals surface area contributed by atoms with E-state index in [1.54, 1.807) is 0 Å². The Balaban J connectivity index is 1.74. The minimum Gasteiger partial charge on any atom is -0.379 e. The van der Waals surface area contributed by atoms with Gasteiger partial charge in [-0.15, -0.1) is 0 Å². The third kappa shape index (κ3) is 5.23. The van der Waals surface area contributed by atoms with Gasteiger partial charge in [-0.05, 0) is 65.7 Å². The van der Waals surface area contributed by atoms with Gasteiger partial charge in [0.1, 0.15) is 0 Å². The lowest BCUT2D eigenvalue weighted by molar-refractivity contribution is 0.0374. The largest absolute Gasteiger partial charge is 0.379 e. The van der Waals surface area contributed by atoms with Gasteiger partial charge in [0.05, 0.1) is 13.2 Å². The Bertz CT molecular complexity index is 473. The number of amides is 1. The van der Waals surface area contributed by atoms with Gasteiger partial charge in [0.25, 0.3) is 5.91 Å². The van der Waals surface area contributed by atoms with E-state index in [9.17, 15) is 4.79 Å². The van der Waals surface area contributed by atoms with Gasteiger partial charge in [-0.3, -0.25) is 9.69 Å². The summed E-state index contributed by atoms with van der Waals surface area (Å²) in [4.78, 5) is 14.5. The van der Waals surface area contributed by atoms with E-state index in [0.717, 1.165) is 57.8 Å². The van der Waals surface area contributed by atoms with Crippen molar-refractivity contribution >= 4 is 28.5 Å². The van der Waals surface area contributed by atoms with Crippen molar-refractivity contribution in [2.75, 3.05) is 39.4 Å². The summed E-state index contributed by atoms with van der Waals surface area (Å²) < 4.78 is 6.54. The Kier molecular flexibility index (Phi) is 6.92. The molecule has 0 radical (unpaired) electrons. The van der Waals surface area contributed by atoms with Gasteiger partial charge in [-0.1, -0.05) is 6.92 Å². The lowest BCUT2D eigenvalue weighted by Gasteiger charge is -2.26. The van der Waals surface area contributed by atoms with E-state index < -0.39 is 0 Å². The van der Waals surface area contributed by atoms with Crippen LogP contribution >= 0.6 is 22.6 Å². The zero-order valence-electron chi connectivity index (χ0n) is 12.5. The highest BCUT2D eigenvalue weighted by atomic mass is 127. The van der Waals surface area contributed by atoms with E-state index in [0.29, 0.717) is 0 Å². The number of benzene rings is 1. The highest BCUT2D eigenvalue weighted by molar-refractivity contribution is 14.1. The van der Waals surface area contributed by atoms with E-state index in [1.165, 1.54) is 9.13 Å². The molecule has 1 aliphatic heterocycles. The second-order valence-corrected chi connectivity index (χ2v) is 6.39. The van der Waals surface area contributed by atoms with Gasteiger partial charge in [0.2, 0.25) is 0 Å². The lowest BCUT2D eigenvalue weighted by Crippen LogP contribution is -2.38. The molecule has 1 aromatic carbocycles. The zero-order chi connectivity index (χ0) is 15.1. The van der Waals surface area contributed by atoms with E-state index in [1.807, 2.05) is 18.2 Å². The summed E-state index contributed by atoms with van der Waals surface area (Å²) in [6.45, 7) is 7.53. The molecule has 1 aromatic rings. The molecule has 116 valence electrons. The number of rotatable bonds is 6. The first-order chi connectivity index (χ1) is 10.2. The van der Waals surface area contributed by atoms with Crippen LogP contribution < -0.4 is 5.32 Å². The maximum Gasteiger partial charge on any atom is 0.251 e. The van der Waals surface area contributed by atoms with Crippen molar-refractivity contribution in [1.82, 2.24) is 10.2 Å². The molecular weight excluding hydrogens is 379 g/mol. The van der Waals surface area contributed by atoms with Gasteiger partial charge < -0.3 is 10.1 Å². The van der Waals surface area contributed by atoms with Crippen LogP contribution in [-0.4, -0.2) is 50.2 Å². The quantitative estimate of drug-likeness (QED) is 0.587. The number of hydrogen-bond acceptors (Lipinski definition) is 3. The average Bonchev–Trinajstić information content (AvgIpc) is 2.53. The number of carbonyl (C=O) groups is 1. The van der Waals surface area contributed by atoms with Crippen molar-refractivity contribution in [2.45, 2.75) is 19.8 Å². The average molecular weight is 402 g/mol. The molecule has 5 heteroatoms. The highest BCUT2D eigenvalue weighted by Crippen LogP contribution is 2.15. The van der Waals surface area contributed by atoms with Crippen LogP contribution in [0.15, 0.2) is 18.2 Å². The summed E-state index contributed by atoms with van der Waals surface area (Å²) in [5, 5.41) is 3.01. The predicted molar refractivity (Wildman–Crippen MR) is 92.7 cm³/mol. The van der Waals surface area contributed by atoms with Crippen molar-refractivity contribution < 1.29 is 9.53 Å². The van der Waals surface area contributed by atoms with Crippen molar-refractivity contribution in [3.8, 4) is 0 Å². The summed E-state index contributed by atoms with van der Waals surface area (Å²) in [6, 6.07) is 5.92. The number of aryl methyl sites for hydroxylation is 1. The van der Waals surface area contributed by atoms with Crippen LogP contribution in [0.5, 0.6) is 0 Å². The number of morpholine rings is 1. The molecule has 4 nitrogen and oxygen atoms in total. The molecular formula is C16H23IN2O2. The fraction of sp³-hybridized carbons (Fsp3) is 0.562.